The first-order chi connectivity index (χ1) is 24.9. The van der Waals surface area contributed by atoms with Crippen molar-refractivity contribution in [3.63, 3.8) is 0 Å². The summed E-state index contributed by atoms with van der Waals surface area (Å²) in [6, 6.07) is 10.4. The highest BCUT2D eigenvalue weighted by atomic mass is 16.9. The number of hydrogen-bond donors (Lipinski definition) is 0. The lowest BCUT2D eigenvalue weighted by Gasteiger charge is -2.30. The molecule has 3 aliphatic rings. The van der Waals surface area contributed by atoms with E-state index in [2.05, 4.69) is 33.8 Å². The van der Waals surface area contributed by atoms with Crippen LogP contribution in [0.3, 0.4) is 0 Å². The fraction of sp³-hybridized carbons (Fsp3) is 0.405. The maximum Gasteiger partial charge on any atom is 0.350 e. The molecule has 3 aromatic heterocycles. The van der Waals surface area contributed by atoms with Crippen LogP contribution in [0.15, 0.2) is 96.3 Å². The number of ether oxygens (including phenoxy) is 6. The molecule has 2 fully saturated rings. The van der Waals surface area contributed by atoms with Crippen LogP contribution in [0.5, 0.6) is 17.2 Å². The van der Waals surface area contributed by atoms with Crippen LogP contribution in [-0.2, 0) is 14.2 Å². The van der Waals surface area contributed by atoms with Crippen molar-refractivity contribution in [3.8, 4) is 17.2 Å². The van der Waals surface area contributed by atoms with Crippen LogP contribution in [0.1, 0.15) is 72.8 Å². The molecule has 0 saturated carbocycles. The van der Waals surface area contributed by atoms with Gasteiger partial charge in [0.1, 0.15) is 47.2 Å². The Kier molecular flexibility index (Phi) is 8.59. The van der Waals surface area contributed by atoms with Gasteiger partial charge >= 0.3 is 11.6 Å². The Morgan fingerprint density at radius 2 is 1.35 bits per heavy atom. The van der Waals surface area contributed by atoms with Crippen LogP contribution >= 0.6 is 0 Å². The maximum atomic E-state index is 11.8. The Bertz CT molecular complexity index is 2300. The highest BCUT2D eigenvalue weighted by Crippen LogP contribution is 2.48. The first-order valence-corrected chi connectivity index (χ1v) is 17.9. The third-order valence-electron chi connectivity index (χ3n) is 10.3. The molecule has 10 heteroatoms. The fourth-order valence-corrected chi connectivity index (χ4v) is 7.13. The summed E-state index contributed by atoms with van der Waals surface area (Å²) in [5.41, 5.74) is 3.83. The minimum atomic E-state index is -1.38. The first kappa shape index (κ1) is 34.3. The maximum absolute atomic E-state index is 11.8. The summed E-state index contributed by atoms with van der Waals surface area (Å²) in [6.07, 6.45) is 14.7. The third kappa shape index (κ3) is 6.66. The molecule has 5 aromatic rings. The van der Waals surface area contributed by atoms with E-state index in [9.17, 15) is 4.79 Å². The average molecular weight is 709 g/mol. The van der Waals surface area contributed by atoms with Crippen molar-refractivity contribution in [2.75, 3.05) is 13.2 Å². The molecular formula is C42H44O10. The van der Waals surface area contributed by atoms with Gasteiger partial charge in [-0.2, -0.15) is 0 Å². The molecule has 3 atom stereocenters. The van der Waals surface area contributed by atoms with E-state index >= 15 is 0 Å². The van der Waals surface area contributed by atoms with Crippen molar-refractivity contribution in [2.45, 2.75) is 96.6 Å². The van der Waals surface area contributed by atoms with E-state index in [1.54, 1.807) is 24.7 Å². The SMILES string of the molecule is C/C(=C\COc1c2c(cc3occc13)O[C@]1(C=C2)OC(CC/C(C)=C/COc2c3ccoc3cc3oc(=O)ccc23)C(C)(C)O1)CCC1OC1(C)C. The average Bonchev–Trinajstić information content (AvgIpc) is 3.49. The van der Waals surface area contributed by atoms with Gasteiger partial charge in [0.2, 0.25) is 0 Å². The molecule has 0 aliphatic carbocycles. The number of rotatable bonds is 12. The van der Waals surface area contributed by atoms with E-state index in [1.165, 1.54) is 11.6 Å². The highest BCUT2D eigenvalue weighted by Gasteiger charge is 2.54. The summed E-state index contributed by atoms with van der Waals surface area (Å²) in [6.45, 7) is 13.3. The molecule has 0 N–H and O–H groups in total. The van der Waals surface area contributed by atoms with Crippen molar-refractivity contribution >= 4 is 39.0 Å². The first-order valence-electron chi connectivity index (χ1n) is 17.9. The van der Waals surface area contributed by atoms with Gasteiger partial charge in [-0.3, -0.25) is 0 Å². The molecule has 52 heavy (non-hydrogen) atoms. The van der Waals surface area contributed by atoms with E-state index in [0.29, 0.717) is 65.1 Å². The molecule has 2 saturated heterocycles. The van der Waals surface area contributed by atoms with Crippen molar-refractivity contribution in [1.29, 1.82) is 0 Å². The van der Waals surface area contributed by atoms with Gasteiger partial charge in [-0.15, -0.1) is 0 Å². The molecule has 1 spiro atoms. The fourth-order valence-electron chi connectivity index (χ4n) is 7.13. The quantitative estimate of drug-likeness (QED) is 0.0705. The lowest BCUT2D eigenvalue weighted by molar-refractivity contribution is -0.270. The summed E-state index contributed by atoms with van der Waals surface area (Å²) < 4.78 is 54.7. The number of benzene rings is 2. The molecule has 10 nitrogen and oxygen atoms in total. The van der Waals surface area contributed by atoms with Crippen LogP contribution in [0.2, 0.25) is 0 Å². The van der Waals surface area contributed by atoms with Gasteiger partial charge in [-0.05, 0) is 104 Å². The van der Waals surface area contributed by atoms with E-state index in [1.807, 2.05) is 50.3 Å². The zero-order chi connectivity index (χ0) is 36.3. The second-order valence-corrected chi connectivity index (χ2v) is 15.0. The summed E-state index contributed by atoms with van der Waals surface area (Å²) in [4.78, 5) is 11.8. The molecule has 0 radical (unpaired) electrons. The van der Waals surface area contributed by atoms with Crippen LogP contribution in [0.4, 0.5) is 0 Å². The molecular weight excluding hydrogens is 664 g/mol. The molecule has 3 aliphatic heterocycles. The van der Waals surface area contributed by atoms with Crippen molar-refractivity contribution < 1.29 is 41.7 Å². The van der Waals surface area contributed by atoms with Crippen LogP contribution in [-0.4, -0.2) is 42.6 Å². The van der Waals surface area contributed by atoms with E-state index < -0.39 is 17.2 Å². The van der Waals surface area contributed by atoms with E-state index in [0.717, 1.165) is 41.2 Å². The van der Waals surface area contributed by atoms with Crippen molar-refractivity contribution in [1.82, 2.24) is 0 Å². The Morgan fingerprint density at radius 3 is 2.02 bits per heavy atom. The molecule has 0 amide bonds. The number of epoxide rings is 1. The van der Waals surface area contributed by atoms with Gasteiger partial charge in [-0.1, -0.05) is 11.1 Å². The second kappa shape index (κ2) is 13.0. The standard InChI is InChI=1S/C42H44O10/c1-25(7-10-35-40(3,4)50-35)15-20-47-39-28-13-18-42(49-34(28)24-32-30(39)17-22-45-32)51-36(41(5,6)52-42)11-8-26(2)14-19-46-38-27-9-12-37(43)48-33(27)23-31-29(38)16-21-44-31/h9,12-18,21-24,35-36H,7-8,10-11,19-20H2,1-6H3/b25-15+,26-14+/t35?,36?,42-/m1/s1. The van der Waals surface area contributed by atoms with Gasteiger partial charge < -0.3 is 41.7 Å². The van der Waals surface area contributed by atoms with E-state index in [-0.39, 0.29) is 11.7 Å². The smallest absolute Gasteiger partial charge is 0.350 e. The topological polar surface area (TPSA) is 115 Å². The second-order valence-electron chi connectivity index (χ2n) is 15.0. The normalized spacial score (nSPS) is 23.4. The number of allylic oxidation sites excluding steroid dienone is 2. The van der Waals surface area contributed by atoms with Crippen molar-refractivity contribution in [2.24, 2.45) is 0 Å². The summed E-state index contributed by atoms with van der Waals surface area (Å²) >= 11 is 0. The predicted molar refractivity (Wildman–Crippen MR) is 197 cm³/mol. The van der Waals surface area contributed by atoms with Crippen LogP contribution in [0.25, 0.3) is 39.0 Å². The van der Waals surface area contributed by atoms with Gasteiger partial charge in [0.15, 0.2) is 0 Å². The highest BCUT2D eigenvalue weighted by molar-refractivity contribution is 6.01. The lowest BCUT2D eigenvalue weighted by Crippen LogP contribution is -2.38. The minimum absolute atomic E-state index is 0.00205. The Labute approximate surface area is 301 Å². The monoisotopic (exact) mass is 708 g/mol. The van der Waals surface area contributed by atoms with Gasteiger partial charge in [0.25, 0.3) is 0 Å². The third-order valence-corrected chi connectivity index (χ3v) is 10.3. The lowest BCUT2D eigenvalue weighted by atomic mass is 9.96. The van der Waals surface area contributed by atoms with E-state index in [4.69, 9.17) is 41.7 Å². The zero-order valence-electron chi connectivity index (χ0n) is 30.4. The molecule has 2 unspecified atom stereocenters. The Balaban J connectivity index is 0.918. The Morgan fingerprint density at radius 1 is 0.750 bits per heavy atom. The molecule has 2 aromatic carbocycles. The summed E-state index contributed by atoms with van der Waals surface area (Å²) in [5, 5.41) is 2.40. The van der Waals surface area contributed by atoms with Crippen LogP contribution in [0, 0.1) is 0 Å². The molecule has 272 valence electrons. The van der Waals surface area contributed by atoms with Gasteiger partial charge in [0, 0.05) is 24.3 Å². The molecule has 6 heterocycles. The largest absolute Gasteiger partial charge is 0.488 e. The Hall–Kier alpha value is -4.77. The summed E-state index contributed by atoms with van der Waals surface area (Å²) in [5.74, 6) is 0.495. The predicted octanol–water partition coefficient (Wildman–Crippen LogP) is 9.63. The van der Waals surface area contributed by atoms with Gasteiger partial charge in [0.05, 0.1) is 57.7 Å². The minimum Gasteiger partial charge on any atom is -0.488 e. The summed E-state index contributed by atoms with van der Waals surface area (Å²) in [7, 11) is 0. The van der Waals surface area contributed by atoms with Crippen LogP contribution < -0.4 is 19.8 Å². The molecule has 0 bridgehead atoms. The number of fused-ring (bicyclic) bond motifs is 4. The van der Waals surface area contributed by atoms with Gasteiger partial charge in [-0.25, -0.2) is 4.79 Å². The molecule has 8 rings (SSSR count). The number of furan rings is 2. The zero-order valence-corrected chi connectivity index (χ0v) is 30.4. The van der Waals surface area contributed by atoms with Crippen molar-refractivity contribution in [3.05, 3.63) is 94.3 Å². The number of hydrogen-bond acceptors (Lipinski definition) is 10.